The number of hydrogen-bond donors (Lipinski definition) is 1. The molecule has 2 saturated heterocycles. The molecule has 2 aliphatic rings. The van der Waals surface area contributed by atoms with Gasteiger partial charge in [-0.15, -0.1) is 0 Å². The Morgan fingerprint density at radius 3 is 2.84 bits per heavy atom. The standard InChI is InChI=1S/C17H21F3N2O3/c1-24-14-9-22(11-16(14)7-4-8-25-16)10-15(23)21-13-6-3-2-5-12(13)17(18,19)20/h2-3,5-6,14H,4,7-11H2,1H3,(H,21,23)/t14-,16-/m1/s1. The molecule has 2 heterocycles. The molecule has 0 radical (unpaired) electrons. The molecule has 3 rings (SSSR count). The number of anilines is 1. The van der Waals surface area contributed by atoms with Gasteiger partial charge in [0, 0.05) is 26.8 Å². The second-order valence-corrected chi connectivity index (χ2v) is 6.50. The van der Waals surface area contributed by atoms with E-state index in [2.05, 4.69) is 5.32 Å². The van der Waals surface area contributed by atoms with Crippen molar-refractivity contribution >= 4 is 11.6 Å². The Balaban J connectivity index is 1.64. The van der Waals surface area contributed by atoms with Crippen molar-refractivity contribution in [2.45, 2.75) is 30.7 Å². The molecule has 0 saturated carbocycles. The van der Waals surface area contributed by atoms with Crippen LogP contribution in [0.15, 0.2) is 24.3 Å². The first-order chi connectivity index (χ1) is 11.8. The number of halogens is 3. The first kappa shape index (κ1) is 18.2. The second kappa shape index (κ2) is 6.93. The van der Waals surface area contributed by atoms with E-state index in [9.17, 15) is 18.0 Å². The van der Waals surface area contributed by atoms with E-state index in [1.54, 1.807) is 7.11 Å². The second-order valence-electron chi connectivity index (χ2n) is 6.50. The van der Waals surface area contributed by atoms with Crippen LogP contribution in [0.2, 0.25) is 0 Å². The average Bonchev–Trinajstić information content (AvgIpc) is 3.14. The van der Waals surface area contributed by atoms with Crippen LogP contribution in [0, 0.1) is 0 Å². The van der Waals surface area contributed by atoms with Gasteiger partial charge in [0.2, 0.25) is 5.91 Å². The molecular formula is C17H21F3N2O3. The number of amides is 1. The molecule has 2 fully saturated rings. The highest BCUT2D eigenvalue weighted by Gasteiger charge is 2.50. The molecule has 0 aliphatic carbocycles. The van der Waals surface area contributed by atoms with Crippen LogP contribution in [-0.2, 0) is 20.4 Å². The highest BCUT2D eigenvalue weighted by molar-refractivity contribution is 5.93. The van der Waals surface area contributed by atoms with Crippen molar-refractivity contribution in [2.75, 3.05) is 38.7 Å². The van der Waals surface area contributed by atoms with Crippen LogP contribution >= 0.6 is 0 Å². The van der Waals surface area contributed by atoms with Crippen molar-refractivity contribution in [3.63, 3.8) is 0 Å². The number of carbonyl (C=O) groups excluding carboxylic acids is 1. The molecule has 1 N–H and O–H groups in total. The van der Waals surface area contributed by atoms with Gasteiger partial charge in [-0.2, -0.15) is 13.2 Å². The Labute approximate surface area is 144 Å². The van der Waals surface area contributed by atoms with Crippen LogP contribution in [0.1, 0.15) is 18.4 Å². The van der Waals surface area contributed by atoms with Gasteiger partial charge in [0.15, 0.2) is 0 Å². The van der Waals surface area contributed by atoms with Gasteiger partial charge in [0.25, 0.3) is 0 Å². The number of benzene rings is 1. The predicted octanol–water partition coefficient (Wildman–Crippen LogP) is 2.52. The Bertz CT molecular complexity index is 630. The zero-order chi connectivity index (χ0) is 18.1. The first-order valence-corrected chi connectivity index (χ1v) is 8.19. The topological polar surface area (TPSA) is 50.8 Å². The van der Waals surface area contributed by atoms with Gasteiger partial charge < -0.3 is 14.8 Å². The largest absolute Gasteiger partial charge is 0.418 e. The molecule has 138 valence electrons. The van der Waals surface area contributed by atoms with E-state index >= 15 is 0 Å². The fourth-order valence-electron chi connectivity index (χ4n) is 3.69. The van der Waals surface area contributed by atoms with E-state index in [4.69, 9.17) is 9.47 Å². The molecule has 1 spiro atoms. The van der Waals surface area contributed by atoms with Gasteiger partial charge >= 0.3 is 6.18 Å². The number of para-hydroxylation sites is 1. The van der Waals surface area contributed by atoms with Gasteiger partial charge in [-0.25, -0.2) is 0 Å². The Kier molecular flexibility index (Phi) is 5.04. The van der Waals surface area contributed by atoms with E-state index in [0.29, 0.717) is 19.7 Å². The SMILES string of the molecule is CO[C@@H]1CN(CC(=O)Nc2ccccc2C(F)(F)F)C[C@]12CCCO2. The van der Waals surface area contributed by atoms with Crippen LogP contribution in [0.3, 0.4) is 0 Å². The summed E-state index contributed by atoms with van der Waals surface area (Å²) in [6, 6.07) is 4.96. The summed E-state index contributed by atoms with van der Waals surface area (Å²) in [4.78, 5) is 14.1. The summed E-state index contributed by atoms with van der Waals surface area (Å²) < 4.78 is 50.4. The zero-order valence-corrected chi connectivity index (χ0v) is 13.9. The summed E-state index contributed by atoms with van der Waals surface area (Å²) in [6.45, 7) is 1.72. The van der Waals surface area contributed by atoms with E-state index in [1.165, 1.54) is 18.2 Å². The Morgan fingerprint density at radius 2 is 2.20 bits per heavy atom. The number of nitrogens with zero attached hydrogens (tertiary/aromatic N) is 1. The predicted molar refractivity (Wildman–Crippen MR) is 85.2 cm³/mol. The maximum atomic E-state index is 13.0. The van der Waals surface area contributed by atoms with E-state index in [-0.39, 0.29) is 18.3 Å². The fourth-order valence-corrected chi connectivity index (χ4v) is 3.69. The minimum atomic E-state index is -4.51. The molecule has 0 bridgehead atoms. The van der Waals surface area contributed by atoms with Gasteiger partial charge in [0.1, 0.15) is 5.60 Å². The summed E-state index contributed by atoms with van der Waals surface area (Å²) >= 11 is 0. The maximum absolute atomic E-state index is 13.0. The molecule has 1 aromatic carbocycles. The number of ether oxygens (including phenoxy) is 2. The quantitative estimate of drug-likeness (QED) is 0.899. The van der Waals surface area contributed by atoms with Crippen LogP contribution < -0.4 is 5.32 Å². The highest BCUT2D eigenvalue weighted by atomic mass is 19.4. The van der Waals surface area contributed by atoms with Crippen molar-refractivity contribution in [2.24, 2.45) is 0 Å². The van der Waals surface area contributed by atoms with Crippen molar-refractivity contribution in [3.05, 3.63) is 29.8 Å². The summed E-state index contributed by atoms with van der Waals surface area (Å²) in [5.74, 6) is -0.485. The van der Waals surface area contributed by atoms with Crippen molar-refractivity contribution < 1.29 is 27.4 Å². The molecule has 5 nitrogen and oxygen atoms in total. The number of rotatable bonds is 4. The molecule has 1 amide bonds. The zero-order valence-electron chi connectivity index (χ0n) is 13.9. The minimum absolute atomic E-state index is 0.00282. The first-order valence-electron chi connectivity index (χ1n) is 8.19. The fraction of sp³-hybridized carbons (Fsp3) is 0.588. The summed E-state index contributed by atoms with van der Waals surface area (Å²) in [5.41, 5.74) is -1.48. The number of methoxy groups -OCH3 is 1. The molecule has 8 heteroatoms. The lowest BCUT2D eigenvalue weighted by Gasteiger charge is -2.28. The monoisotopic (exact) mass is 358 g/mol. The lowest BCUT2D eigenvalue weighted by atomic mass is 9.97. The minimum Gasteiger partial charge on any atom is -0.377 e. The van der Waals surface area contributed by atoms with Crippen molar-refractivity contribution in [1.82, 2.24) is 4.90 Å². The van der Waals surface area contributed by atoms with Gasteiger partial charge in [0.05, 0.1) is 23.9 Å². The lowest BCUT2D eigenvalue weighted by Crippen LogP contribution is -2.42. The number of carbonyl (C=O) groups is 1. The van der Waals surface area contributed by atoms with Crippen LogP contribution in [0.4, 0.5) is 18.9 Å². The molecule has 0 unspecified atom stereocenters. The van der Waals surface area contributed by atoms with E-state index in [0.717, 1.165) is 18.9 Å². The maximum Gasteiger partial charge on any atom is 0.418 e. The summed E-state index contributed by atoms with van der Waals surface area (Å²) in [7, 11) is 1.61. The smallest absolute Gasteiger partial charge is 0.377 e. The highest BCUT2D eigenvalue weighted by Crippen LogP contribution is 2.37. The Morgan fingerprint density at radius 1 is 1.44 bits per heavy atom. The van der Waals surface area contributed by atoms with Crippen molar-refractivity contribution in [1.29, 1.82) is 0 Å². The third-order valence-corrected chi connectivity index (χ3v) is 4.79. The molecule has 2 atom stereocenters. The molecule has 25 heavy (non-hydrogen) atoms. The molecule has 2 aliphatic heterocycles. The molecular weight excluding hydrogens is 337 g/mol. The van der Waals surface area contributed by atoms with Crippen LogP contribution in [0.25, 0.3) is 0 Å². The van der Waals surface area contributed by atoms with Crippen LogP contribution in [0.5, 0.6) is 0 Å². The third kappa shape index (κ3) is 3.80. The van der Waals surface area contributed by atoms with Crippen LogP contribution in [-0.4, -0.2) is 55.9 Å². The number of alkyl halides is 3. The van der Waals surface area contributed by atoms with Gasteiger partial charge in [-0.3, -0.25) is 9.69 Å². The third-order valence-electron chi connectivity index (χ3n) is 4.79. The lowest BCUT2D eigenvalue weighted by molar-refractivity contribution is -0.137. The average molecular weight is 358 g/mol. The van der Waals surface area contributed by atoms with E-state index < -0.39 is 23.2 Å². The van der Waals surface area contributed by atoms with Gasteiger partial charge in [-0.05, 0) is 25.0 Å². The summed E-state index contributed by atoms with van der Waals surface area (Å²) in [5, 5.41) is 2.37. The Hall–Kier alpha value is -1.64. The summed E-state index contributed by atoms with van der Waals surface area (Å²) in [6.07, 6.45) is -2.84. The number of hydrogen-bond acceptors (Lipinski definition) is 4. The molecule has 0 aromatic heterocycles. The normalized spacial score (nSPS) is 27.1. The van der Waals surface area contributed by atoms with Crippen molar-refractivity contribution in [3.8, 4) is 0 Å². The molecule has 1 aromatic rings. The number of nitrogens with one attached hydrogen (secondary N) is 1. The number of likely N-dealkylation sites (tertiary alicyclic amines) is 1. The van der Waals surface area contributed by atoms with Gasteiger partial charge in [-0.1, -0.05) is 12.1 Å². The van der Waals surface area contributed by atoms with E-state index in [1.807, 2.05) is 4.90 Å².